The number of rotatable bonds is 3. The minimum Gasteiger partial charge on any atom is -0.356 e. The van der Waals surface area contributed by atoms with Gasteiger partial charge in [0.1, 0.15) is 5.82 Å². The Morgan fingerprint density at radius 1 is 1.10 bits per heavy atom. The average molecular weight is 419 g/mol. The Kier molecular flexibility index (Phi) is 5.24. The van der Waals surface area contributed by atoms with Crippen molar-refractivity contribution in [2.24, 2.45) is 0 Å². The summed E-state index contributed by atoms with van der Waals surface area (Å²) in [6.07, 6.45) is 0.694. The summed E-state index contributed by atoms with van der Waals surface area (Å²) >= 11 is 1.09. The summed E-state index contributed by atoms with van der Waals surface area (Å²) in [5.74, 6) is 1.42. The van der Waals surface area contributed by atoms with Crippen LogP contribution in [0, 0.1) is 13.8 Å². The van der Waals surface area contributed by atoms with Crippen LogP contribution < -0.4 is 4.90 Å². The predicted molar refractivity (Wildman–Crippen MR) is 106 cm³/mol. The van der Waals surface area contributed by atoms with Crippen LogP contribution in [-0.2, 0) is 6.18 Å². The van der Waals surface area contributed by atoms with Gasteiger partial charge in [-0.1, -0.05) is 0 Å². The summed E-state index contributed by atoms with van der Waals surface area (Å²) in [7, 11) is 0. The maximum Gasteiger partial charge on any atom is 0.434 e. The van der Waals surface area contributed by atoms with E-state index in [1.54, 1.807) is 12.4 Å². The molecular weight excluding hydrogens is 399 g/mol. The number of alkyl halides is 3. The number of nitrogens with zero attached hydrogens (tertiary/aromatic N) is 5. The highest BCUT2D eigenvalue weighted by Crippen LogP contribution is 2.36. The standard InChI is InChI=1S/C20H20F3N5S/c1-12-13(2)25-17(14-5-7-24-8-6-14)27-18(12)28-9-3-4-15(10-28)19-26-16(11-29-19)20(21,22)23/h5-8,11,15H,3-4,9-10H2,1-2H3. The zero-order chi connectivity index (χ0) is 20.6. The van der Waals surface area contributed by atoms with Crippen LogP contribution >= 0.6 is 11.3 Å². The molecule has 1 unspecified atom stereocenters. The van der Waals surface area contributed by atoms with Crippen molar-refractivity contribution in [1.29, 1.82) is 0 Å². The molecule has 0 N–H and O–H groups in total. The quantitative estimate of drug-likeness (QED) is 0.597. The van der Waals surface area contributed by atoms with Crippen LogP contribution in [0.2, 0.25) is 0 Å². The van der Waals surface area contributed by atoms with Crippen molar-refractivity contribution >= 4 is 17.2 Å². The van der Waals surface area contributed by atoms with E-state index in [2.05, 4.69) is 19.9 Å². The van der Waals surface area contributed by atoms with Gasteiger partial charge in [-0.25, -0.2) is 15.0 Å². The van der Waals surface area contributed by atoms with Crippen molar-refractivity contribution in [3.05, 3.63) is 51.9 Å². The number of thiazole rings is 1. The monoisotopic (exact) mass is 419 g/mol. The third-order valence-corrected chi connectivity index (χ3v) is 6.19. The molecule has 1 aliphatic heterocycles. The van der Waals surface area contributed by atoms with Crippen molar-refractivity contribution in [2.45, 2.75) is 38.8 Å². The lowest BCUT2D eigenvalue weighted by Gasteiger charge is -2.34. The van der Waals surface area contributed by atoms with E-state index in [9.17, 15) is 13.2 Å². The lowest BCUT2D eigenvalue weighted by Crippen LogP contribution is -2.35. The number of hydrogen-bond acceptors (Lipinski definition) is 6. The van der Waals surface area contributed by atoms with Crippen LogP contribution in [0.15, 0.2) is 29.9 Å². The van der Waals surface area contributed by atoms with Gasteiger partial charge in [-0.05, 0) is 38.8 Å². The van der Waals surface area contributed by atoms with Gasteiger partial charge < -0.3 is 4.90 Å². The van der Waals surface area contributed by atoms with E-state index in [0.717, 1.165) is 58.7 Å². The van der Waals surface area contributed by atoms with E-state index in [1.165, 1.54) is 0 Å². The number of aromatic nitrogens is 4. The first-order chi connectivity index (χ1) is 13.8. The zero-order valence-electron chi connectivity index (χ0n) is 16.1. The Bertz CT molecular complexity index is 1000. The first-order valence-electron chi connectivity index (χ1n) is 9.36. The highest BCUT2D eigenvalue weighted by Gasteiger charge is 2.35. The summed E-state index contributed by atoms with van der Waals surface area (Å²) in [4.78, 5) is 19.4. The molecule has 3 aromatic heterocycles. The highest BCUT2D eigenvalue weighted by atomic mass is 32.1. The fourth-order valence-corrected chi connectivity index (χ4v) is 4.48. The molecule has 0 aromatic carbocycles. The predicted octanol–water partition coefficient (Wildman–Crippen LogP) is 5.01. The highest BCUT2D eigenvalue weighted by molar-refractivity contribution is 7.09. The average Bonchev–Trinajstić information content (AvgIpc) is 3.22. The van der Waals surface area contributed by atoms with E-state index in [-0.39, 0.29) is 5.92 Å². The van der Waals surface area contributed by atoms with Gasteiger partial charge in [-0.15, -0.1) is 11.3 Å². The minimum atomic E-state index is -4.40. The smallest absolute Gasteiger partial charge is 0.356 e. The van der Waals surface area contributed by atoms with Crippen LogP contribution in [0.1, 0.15) is 40.7 Å². The van der Waals surface area contributed by atoms with E-state index >= 15 is 0 Å². The summed E-state index contributed by atoms with van der Waals surface area (Å²) in [6, 6.07) is 3.72. The molecule has 1 saturated heterocycles. The van der Waals surface area contributed by atoms with Crippen LogP contribution in [0.4, 0.5) is 19.0 Å². The number of aryl methyl sites for hydroxylation is 1. The summed E-state index contributed by atoms with van der Waals surface area (Å²) in [5.41, 5.74) is 1.95. The SMILES string of the molecule is Cc1nc(-c2ccncc2)nc(N2CCCC(c3nc(C(F)(F)F)cs3)C2)c1C. The second-order valence-electron chi connectivity index (χ2n) is 7.17. The molecule has 0 bridgehead atoms. The molecule has 0 spiro atoms. The van der Waals surface area contributed by atoms with E-state index in [4.69, 9.17) is 4.98 Å². The molecule has 0 aliphatic carbocycles. The fraction of sp³-hybridized carbons (Fsp3) is 0.400. The minimum absolute atomic E-state index is 0.0381. The van der Waals surface area contributed by atoms with Gasteiger partial charge in [0.25, 0.3) is 0 Å². The number of anilines is 1. The summed E-state index contributed by atoms with van der Waals surface area (Å²) in [6.45, 7) is 5.33. The van der Waals surface area contributed by atoms with Crippen LogP contribution in [0.25, 0.3) is 11.4 Å². The van der Waals surface area contributed by atoms with Crippen molar-refractivity contribution < 1.29 is 13.2 Å². The Morgan fingerprint density at radius 3 is 2.55 bits per heavy atom. The normalized spacial score (nSPS) is 17.6. The number of halogens is 3. The summed E-state index contributed by atoms with van der Waals surface area (Å²) in [5, 5.41) is 1.65. The van der Waals surface area contributed by atoms with Gasteiger partial charge in [-0.2, -0.15) is 13.2 Å². The van der Waals surface area contributed by atoms with Gasteiger partial charge in [0.05, 0.1) is 5.01 Å². The number of piperidine rings is 1. The number of pyridine rings is 1. The molecule has 4 rings (SSSR count). The second kappa shape index (κ2) is 7.70. The Labute approximate surface area is 170 Å². The molecule has 1 fully saturated rings. The lowest BCUT2D eigenvalue weighted by molar-refractivity contribution is -0.140. The van der Waals surface area contributed by atoms with Gasteiger partial charge in [-0.3, -0.25) is 4.98 Å². The Hall–Kier alpha value is -2.55. The van der Waals surface area contributed by atoms with Gasteiger partial charge in [0.2, 0.25) is 0 Å². The van der Waals surface area contributed by atoms with E-state index in [1.807, 2.05) is 26.0 Å². The zero-order valence-corrected chi connectivity index (χ0v) is 16.9. The molecule has 0 amide bonds. The van der Waals surface area contributed by atoms with Crippen LogP contribution in [0.5, 0.6) is 0 Å². The largest absolute Gasteiger partial charge is 0.434 e. The first kappa shape index (κ1) is 19.8. The molecule has 5 nitrogen and oxygen atoms in total. The molecule has 29 heavy (non-hydrogen) atoms. The van der Waals surface area contributed by atoms with Crippen LogP contribution in [-0.4, -0.2) is 33.0 Å². The third-order valence-electron chi connectivity index (χ3n) is 5.18. The maximum absolute atomic E-state index is 12.9. The van der Waals surface area contributed by atoms with E-state index in [0.29, 0.717) is 17.4 Å². The maximum atomic E-state index is 12.9. The fourth-order valence-electron chi connectivity index (χ4n) is 3.53. The van der Waals surface area contributed by atoms with Crippen molar-refractivity contribution in [1.82, 2.24) is 19.9 Å². The lowest BCUT2D eigenvalue weighted by atomic mass is 9.98. The molecule has 4 heterocycles. The molecule has 1 atom stereocenters. The van der Waals surface area contributed by atoms with Gasteiger partial charge >= 0.3 is 6.18 Å². The molecule has 9 heteroatoms. The van der Waals surface area contributed by atoms with Crippen molar-refractivity contribution in [2.75, 3.05) is 18.0 Å². The van der Waals surface area contributed by atoms with Crippen molar-refractivity contribution in [3.8, 4) is 11.4 Å². The molecule has 1 aliphatic rings. The van der Waals surface area contributed by atoms with E-state index < -0.39 is 11.9 Å². The van der Waals surface area contributed by atoms with Crippen molar-refractivity contribution in [3.63, 3.8) is 0 Å². The molecule has 3 aromatic rings. The second-order valence-corrected chi connectivity index (χ2v) is 8.06. The first-order valence-corrected chi connectivity index (χ1v) is 10.2. The molecule has 0 radical (unpaired) electrons. The Balaban J connectivity index is 1.63. The summed E-state index contributed by atoms with van der Waals surface area (Å²) < 4.78 is 38.8. The topological polar surface area (TPSA) is 54.8 Å². The van der Waals surface area contributed by atoms with Crippen LogP contribution in [0.3, 0.4) is 0 Å². The molecule has 0 saturated carbocycles. The van der Waals surface area contributed by atoms with Gasteiger partial charge in [0.15, 0.2) is 11.5 Å². The molecular formula is C20H20F3N5S. The van der Waals surface area contributed by atoms with Gasteiger partial charge in [0, 0.05) is 53.6 Å². The Morgan fingerprint density at radius 2 is 1.86 bits per heavy atom. The third kappa shape index (κ3) is 4.10. The number of hydrogen-bond donors (Lipinski definition) is 0. The molecule has 152 valence electrons.